The van der Waals surface area contributed by atoms with Crippen molar-refractivity contribution in [3.05, 3.63) is 0 Å². The molecule has 0 heterocycles. The molecule has 0 aromatic carbocycles. The molecule has 0 saturated heterocycles. The van der Waals surface area contributed by atoms with E-state index in [1.165, 1.54) is 0 Å². The van der Waals surface area contributed by atoms with Crippen LogP contribution in [0.3, 0.4) is 0 Å². The van der Waals surface area contributed by atoms with Crippen LogP contribution in [0.25, 0.3) is 0 Å². The first-order valence-electron chi connectivity index (χ1n) is 0. The van der Waals surface area contributed by atoms with Gasteiger partial charge in [-0.3, -0.25) is 0 Å². The zero-order valence-electron chi connectivity index (χ0n) is 2.09. The summed E-state index contributed by atoms with van der Waals surface area (Å²) in [6, 6.07) is 0. The molecular weight excluding hydrogens is 143 g/mol. The quantitative estimate of drug-likeness (QED) is 0.376. The Kier molecular flexibility index (Phi) is 183. The molecule has 0 fully saturated rings. The topological polar surface area (TPSA) is 0 Å². The van der Waals surface area contributed by atoms with E-state index in [9.17, 15) is 0 Å². The van der Waals surface area contributed by atoms with Gasteiger partial charge in [0, 0.05) is 68.4 Å². The monoisotopic (exact) mass is 142 g/mol. The molecule has 4 heavy (non-hydrogen) atoms. The Balaban J connectivity index is 0. The minimum atomic E-state index is 0. The Morgan fingerprint density at radius 2 is 1.00 bits per heavy atom. The van der Waals surface area contributed by atoms with E-state index in [0.29, 0.717) is 0 Å². The van der Waals surface area contributed by atoms with Crippen molar-refractivity contribution in [2.24, 2.45) is 0 Å². The molecule has 0 rings (SSSR count). The summed E-state index contributed by atoms with van der Waals surface area (Å²) in [6.45, 7) is 0. The van der Waals surface area contributed by atoms with Gasteiger partial charge in [-0.15, -0.1) is 0 Å². The first-order valence-corrected chi connectivity index (χ1v) is 0. The number of rotatable bonds is 0. The predicted octanol–water partition coefficient (Wildman–Crippen LogP) is -1.14. The first-order chi connectivity index (χ1) is 0. The molecule has 0 N–H and O–H groups in total. The van der Waals surface area contributed by atoms with Crippen LogP contribution in [0.15, 0.2) is 0 Å². The molecule has 0 unspecified atom stereocenters. The maximum Gasteiger partial charge on any atom is 0 e. The van der Waals surface area contributed by atoms with Crippen molar-refractivity contribution in [2.45, 2.75) is 0 Å². The smallest absolute Gasteiger partial charge is 0 e. The Labute approximate surface area is 67.9 Å². The Bertz CT molecular complexity index is 8.00. The normalized spacial score (nSPS) is 0. The zero-order valence-corrected chi connectivity index (χ0v) is 6.60. The number of hydrogen-bond acceptors (Lipinski definition) is 0. The van der Waals surface area contributed by atoms with E-state index in [1.807, 2.05) is 0 Å². The maximum atomic E-state index is 0. The van der Waals surface area contributed by atoms with Crippen molar-refractivity contribution in [3.8, 4) is 0 Å². The van der Waals surface area contributed by atoms with Crippen molar-refractivity contribution in [1.82, 2.24) is 0 Å². The fraction of sp³-hybridized carbons (Fsp3) is 0. The van der Waals surface area contributed by atoms with E-state index in [4.69, 9.17) is 0 Å². The summed E-state index contributed by atoms with van der Waals surface area (Å²) in [5, 5.41) is 0. The van der Waals surface area contributed by atoms with Gasteiger partial charge in [0.1, 0.15) is 0 Å². The molecule has 20 valence electrons. The second-order valence-electron chi connectivity index (χ2n) is 0. The summed E-state index contributed by atoms with van der Waals surface area (Å²) in [4.78, 5) is 0. The van der Waals surface area contributed by atoms with Crippen LogP contribution in [0.2, 0.25) is 0 Å². The molecule has 0 aliphatic heterocycles. The van der Waals surface area contributed by atoms with E-state index < -0.39 is 0 Å². The van der Waals surface area contributed by atoms with E-state index in [-0.39, 0.29) is 68.4 Å². The largest absolute Gasteiger partial charge is 0 e. The molecule has 4 heteroatoms. The van der Waals surface area contributed by atoms with Gasteiger partial charge >= 0.3 is 0 Å². The molecule has 0 saturated carbocycles. The molecule has 0 nitrogen and oxygen atoms in total. The van der Waals surface area contributed by atoms with Crippen LogP contribution in [-0.2, 0) is 17.1 Å². The molecule has 0 aromatic rings. The van der Waals surface area contributed by atoms with Crippen molar-refractivity contribution in [3.63, 3.8) is 0 Å². The van der Waals surface area contributed by atoms with Crippen molar-refractivity contribution in [1.29, 1.82) is 0 Å². The zero-order chi connectivity index (χ0) is 0. The van der Waals surface area contributed by atoms with Crippen LogP contribution in [0.4, 0.5) is 0 Å². The molecular formula is AlCuMgSi. The van der Waals surface area contributed by atoms with Crippen LogP contribution in [-0.4, -0.2) is 51.4 Å². The average molecular weight is 143 g/mol. The molecule has 10 radical (unpaired) electrons. The summed E-state index contributed by atoms with van der Waals surface area (Å²) in [5.41, 5.74) is 0. The second-order valence-corrected chi connectivity index (χ2v) is 0. The van der Waals surface area contributed by atoms with Gasteiger partial charge in [0.2, 0.25) is 0 Å². The van der Waals surface area contributed by atoms with Crippen LogP contribution >= 0.6 is 0 Å². The third kappa shape index (κ3) is 8.97. The Morgan fingerprint density at radius 1 is 1.00 bits per heavy atom. The van der Waals surface area contributed by atoms with Gasteiger partial charge in [-0.25, -0.2) is 0 Å². The third-order valence-corrected chi connectivity index (χ3v) is 0. The summed E-state index contributed by atoms with van der Waals surface area (Å²) < 4.78 is 0. The minimum absolute atomic E-state index is 0. The van der Waals surface area contributed by atoms with Gasteiger partial charge in [0.05, 0.1) is 0 Å². The first kappa shape index (κ1) is 36.9. The predicted molar refractivity (Wildman–Crippen MR) is 17.3 cm³/mol. The number of hydrogen-bond donors (Lipinski definition) is 0. The van der Waals surface area contributed by atoms with E-state index in [0.717, 1.165) is 0 Å². The maximum absolute atomic E-state index is 0. The van der Waals surface area contributed by atoms with Crippen molar-refractivity contribution < 1.29 is 17.1 Å². The second kappa shape index (κ2) is 19.8. The SMILES string of the molecule is [Al].[Cu].[Mg].[Si]. The van der Waals surface area contributed by atoms with Gasteiger partial charge in [0.25, 0.3) is 0 Å². The van der Waals surface area contributed by atoms with E-state index >= 15 is 0 Å². The summed E-state index contributed by atoms with van der Waals surface area (Å²) in [5.74, 6) is 0. The fourth-order valence-corrected chi connectivity index (χ4v) is 0. The van der Waals surface area contributed by atoms with Crippen LogP contribution < -0.4 is 0 Å². The van der Waals surface area contributed by atoms with E-state index in [2.05, 4.69) is 0 Å². The fourth-order valence-electron chi connectivity index (χ4n) is 0. The van der Waals surface area contributed by atoms with Crippen molar-refractivity contribution in [2.75, 3.05) is 0 Å². The molecule has 0 aromatic heterocycles. The third-order valence-electron chi connectivity index (χ3n) is 0. The molecule has 0 atom stereocenters. The van der Waals surface area contributed by atoms with Crippen LogP contribution in [0.5, 0.6) is 0 Å². The van der Waals surface area contributed by atoms with Gasteiger partial charge in [-0.2, -0.15) is 0 Å². The summed E-state index contributed by atoms with van der Waals surface area (Å²) >= 11 is 0. The molecule has 0 amide bonds. The summed E-state index contributed by atoms with van der Waals surface area (Å²) in [6.07, 6.45) is 0. The van der Waals surface area contributed by atoms with Gasteiger partial charge in [-0.05, 0) is 0 Å². The van der Waals surface area contributed by atoms with Crippen LogP contribution in [0, 0.1) is 0 Å². The molecule has 0 bridgehead atoms. The Morgan fingerprint density at radius 3 is 1.00 bits per heavy atom. The van der Waals surface area contributed by atoms with Gasteiger partial charge in [0.15, 0.2) is 0 Å². The minimum Gasteiger partial charge on any atom is 0 e. The Hall–Kier alpha value is 2.04. The van der Waals surface area contributed by atoms with Crippen molar-refractivity contribution >= 4 is 51.4 Å². The molecule has 0 spiro atoms. The van der Waals surface area contributed by atoms with Gasteiger partial charge < -0.3 is 0 Å². The van der Waals surface area contributed by atoms with Crippen LogP contribution in [0.1, 0.15) is 0 Å². The van der Waals surface area contributed by atoms with E-state index in [1.54, 1.807) is 0 Å². The average Bonchev–Trinajstić information content (AvgIpc) is 0. The molecule has 0 aliphatic rings. The molecule has 0 aliphatic carbocycles. The summed E-state index contributed by atoms with van der Waals surface area (Å²) in [7, 11) is 0. The standard InChI is InChI=1S/Al.Cu.Mg.Si. The van der Waals surface area contributed by atoms with Gasteiger partial charge in [-0.1, -0.05) is 0 Å².